The van der Waals surface area contributed by atoms with Crippen molar-refractivity contribution in [2.45, 2.75) is 45.4 Å². The molecule has 1 aliphatic carbocycles. The highest BCUT2D eigenvalue weighted by Crippen LogP contribution is 2.38. The summed E-state index contributed by atoms with van der Waals surface area (Å²) in [5.41, 5.74) is 4.02. The summed E-state index contributed by atoms with van der Waals surface area (Å²) in [7, 11) is 0. The monoisotopic (exact) mass is 552 g/mol. The van der Waals surface area contributed by atoms with Crippen molar-refractivity contribution in [3.05, 3.63) is 80.1 Å². The Morgan fingerprint density at radius 1 is 1.00 bits per heavy atom. The van der Waals surface area contributed by atoms with Crippen LogP contribution in [0, 0.1) is 0 Å². The average molecular weight is 554 g/mol. The Kier molecular flexibility index (Phi) is 7.79. The number of hydrogen-bond acceptors (Lipinski definition) is 5. The van der Waals surface area contributed by atoms with Gasteiger partial charge in [0, 0.05) is 15.8 Å². The van der Waals surface area contributed by atoms with Crippen LogP contribution in [0.15, 0.2) is 48.5 Å². The van der Waals surface area contributed by atoms with E-state index in [1.165, 1.54) is 17.8 Å². The van der Waals surface area contributed by atoms with E-state index in [4.69, 9.17) is 32.9 Å². The second-order valence-corrected chi connectivity index (χ2v) is 10.9. The van der Waals surface area contributed by atoms with Crippen molar-refractivity contribution < 1.29 is 14.3 Å². The highest BCUT2D eigenvalue weighted by atomic mass is 35.5. The van der Waals surface area contributed by atoms with Gasteiger partial charge in [0.1, 0.15) is 5.00 Å². The molecular formula is C29H26Cl2N2O3S. The largest absolute Gasteiger partial charge is 0.462 e. The molecule has 0 saturated carbocycles. The molecule has 0 fully saturated rings. The molecule has 0 aliphatic heterocycles. The van der Waals surface area contributed by atoms with Crippen LogP contribution in [0.2, 0.25) is 10.0 Å². The van der Waals surface area contributed by atoms with Gasteiger partial charge in [-0.3, -0.25) is 4.79 Å². The third kappa shape index (κ3) is 5.37. The summed E-state index contributed by atoms with van der Waals surface area (Å²) < 4.78 is 5.40. The van der Waals surface area contributed by atoms with Crippen molar-refractivity contribution >= 4 is 62.3 Å². The molecule has 1 aliphatic rings. The molecule has 37 heavy (non-hydrogen) atoms. The number of para-hydroxylation sites is 1. The lowest BCUT2D eigenvalue weighted by atomic mass is 9.96. The number of carbonyl (C=O) groups is 2. The number of esters is 1. The van der Waals surface area contributed by atoms with E-state index >= 15 is 0 Å². The van der Waals surface area contributed by atoms with Gasteiger partial charge in [-0.25, -0.2) is 9.78 Å². The van der Waals surface area contributed by atoms with Gasteiger partial charge in [-0.05, 0) is 62.4 Å². The number of anilines is 1. The van der Waals surface area contributed by atoms with Crippen LogP contribution in [0.25, 0.3) is 22.2 Å². The number of nitrogens with one attached hydrogen (secondary N) is 1. The number of aryl methyl sites for hydroxylation is 1. The van der Waals surface area contributed by atoms with Crippen molar-refractivity contribution in [2.24, 2.45) is 0 Å². The Hall–Kier alpha value is -2.93. The molecule has 1 amide bonds. The number of carbonyl (C=O) groups excluding carboxylic acids is 2. The lowest BCUT2D eigenvalue weighted by Crippen LogP contribution is -2.16. The lowest BCUT2D eigenvalue weighted by Gasteiger charge is -2.12. The summed E-state index contributed by atoms with van der Waals surface area (Å²) in [4.78, 5) is 32.7. The summed E-state index contributed by atoms with van der Waals surface area (Å²) in [5, 5.41) is 5.19. The Morgan fingerprint density at radius 3 is 2.57 bits per heavy atom. The van der Waals surface area contributed by atoms with Crippen molar-refractivity contribution in [3.8, 4) is 11.3 Å². The normalized spacial score (nSPS) is 13.5. The Labute approximate surface area is 229 Å². The highest BCUT2D eigenvalue weighted by Gasteiger charge is 2.27. The molecule has 190 valence electrons. The van der Waals surface area contributed by atoms with E-state index in [-0.39, 0.29) is 18.5 Å². The molecule has 2 aromatic carbocycles. The minimum Gasteiger partial charge on any atom is -0.462 e. The standard InChI is InChI=1S/C29H26Cl2N2O3S/c1-2-36-29(35)26-19-10-5-3-4-6-12-25(19)37-28(26)33-27(34)20-16-24(17-13-14-21(30)22(31)15-17)32-23-11-8-7-9-18(20)23/h7-9,11,13-16H,2-6,10,12H2,1H3,(H,33,34). The predicted molar refractivity (Wildman–Crippen MR) is 151 cm³/mol. The van der Waals surface area contributed by atoms with Gasteiger partial charge < -0.3 is 10.1 Å². The number of rotatable bonds is 5. The van der Waals surface area contributed by atoms with E-state index in [0.29, 0.717) is 37.4 Å². The van der Waals surface area contributed by atoms with Gasteiger partial charge in [-0.2, -0.15) is 0 Å². The van der Waals surface area contributed by atoms with Crippen LogP contribution >= 0.6 is 34.5 Å². The fourth-order valence-corrected chi connectivity index (χ4v) is 6.33. The molecule has 0 unspecified atom stereocenters. The number of amides is 1. The van der Waals surface area contributed by atoms with Gasteiger partial charge in [-0.1, -0.05) is 60.3 Å². The maximum Gasteiger partial charge on any atom is 0.341 e. The van der Waals surface area contributed by atoms with Crippen LogP contribution < -0.4 is 5.32 Å². The summed E-state index contributed by atoms with van der Waals surface area (Å²) in [6.07, 6.45) is 6.13. The fraction of sp³-hybridized carbons (Fsp3) is 0.276. The molecule has 0 radical (unpaired) electrons. The van der Waals surface area contributed by atoms with E-state index in [1.807, 2.05) is 30.3 Å². The number of nitrogens with zero attached hydrogens (tertiary/aromatic N) is 1. The van der Waals surface area contributed by atoms with Crippen molar-refractivity contribution in [1.82, 2.24) is 4.98 Å². The van der Waals surface area contributed by atoms with Crippen LogP contribution in [0.4, 0.5) is 5.00 Å². The molecule has 4 aromatic rings. The van der Waals surface area contributed by atoms with E-state index in [0.717, 1.165) is 53.5 Å². The molecule has 8 heteroatoms. The van der Waals surface area contributed by atoms with E-state index in [9.17, 15) is 9.59 Å². The van der Waals surface area contributed by atoms with E-state index in [2.05, 4.69) is 5.32 Å². The maximum atomic E-state index is 13.8. The molecule has 2 aromatic heterocycles. The maximum absolute atomic E-state index is 13.8. The third-order valence-corrected chi connectivity index (χ3v) is 8.50. The van der Waals surface area contributed by atoms with Gasteiger partial charge in [0.05, 0.1) is 39.0 Å². The number of hydrogen-bond donors (Lipinski definition) is 1. The van der Waals surface area contributed by atoms with Crippen LogP contribution in [0.5, 0.6) is 0 Å². The molecule has 1 N–H and O–H groups in total. The first-order valence-electron chi connectivity index (χ1n) is 12.4. The molecule has 5 rings (SSSR count). The van der Waals surface area contributed by atoms with Crippen molar-refractivity contribution in [1.29, 1.82) is 0 Å². The zero-order valence-corrected chi connectivity index (χ0v) is 22.7. The van der Waals surface area contributed by atoms with Crippen LogP contribution in [-0.4, -0.2) is 23.5 Å². The summed E-state index contributed by atoms with van der Waals surface area (Å²) in [6, 6.07) is 14.5. The zero-order chi connectivity index (χ0) is 25.9. The number of halogens is 2. The van der Waals surface area contributed by atoms with Gasteiger partial charge in [0.25, 0.3) is 5.91 Å². The smallest absolute Gasteiger partial charge is 0.341 e. The summed E-state index contributed by atoms with van der Waals surface area (Å²) in [5.74, 6) is -0.688. The molecule has 0 bridgehead atoms. The highest BCUT2D eigenvalue weighted by molar-refractivity contribution is 7.17. The number of thiophene rings is 1. The van der Waals surface area contributed by atoms with Crippen molar-refractivity contribution in [2.75, 3.05) is 11.9 Å². The first-order valence-corrected chi connectivity index (χ1v) is 14.0. The summed E-state index contributed by atoms with van der Waals surface area (Å²) in [6.45, 7) is 2.07. The summed E-state index contributed by atoms with van der Waals surface area (Å²) >= 11 is 13.9. The molecule has 2 heterocycles. The fourth-order valence-electron chi connectivity index (χ4n) is 4.76. The number of benzene rings is 2. The van der Waals surface area contributed by atoms with Crippen LogP contribution in [-0.2, 0) is 17.6 Å². The molecule has 0 spiro atoms. The third-order valence-electron chi connectivity index (χ3n) is 6.55. The van der Waals surface area contributed by atoms with E-state index in [1.54, 1.807) is 25.1 Å². The quantitative estimate of drug-likeness (QED) is 0.252. The van der Waals surface area contributed by atoms with Crippen molar-refractivity contribution in [3.63, 3.8) is 0 Å². The molecular weight excluding hydrogens is 527 g/mol. The lowest BCUT2D eigenvalue weighted by molar-refractivity contribution is 0.0526. The van der Waals surface area contributed by atoms with Crippen LogP contribution in [0.3, 0.4) is 0 Å². The number of aromatic nitrogens is 1. The van der Waals surface area contributed by atoms with Gasteiger partial charge >= 0.3 is 5.97 Å². The van der Waals surface area contributed by atoms with E-state index < -0.39 is 0 Å². The topological polar surface area (TPSA) is 68.3 Å². The first kappa shape index (κ1) is 25.7. The number of pyridine rings is 1. The Balaban J connectivity index is 1.58. The zero-order valence-electron chi connectivity index (χ0n) is 20.4. The van der Waals surface area contributed by atoms with Gasteiger partial charge in [-0.15, -0.1) is 11.3 Å². The second kappa shape index (κ2) is 11.2. The minimum absolute atomic E-state index is 0.277. The number of fused-ring (bicyclic) bond motifs is 2. The predicted octanol–water partition coefficient (Wildman–Crippen LogP) is 8.36. The Morgan fingerprint density at radius 2 is 1.78 bits per heavy atom. The second-order valence-electron chi connectivity index (χ2n) is 9.00. The first-order chi connectivity index (χ1) is 18.0. The Bertz CT molecular complexity index is 1500. The molecule has 0 saturated heterocycles. The minimum atomic E-state index is -0.382. The van der Waals surface area contributed by atoms with Crippen LogP contribution in [0.1, 0.15) is 63.8 Å². The number of ether oxygens (including phenoxy) is 1. The van der Waals surface area contributed by atoms with Gasteiger partial charge in [0.15, 0.2) is 0 Å². The molecule has 5 nitrogen and oxygen atoms in total. The molecule has 0 atom stereocenters. The van der Waals surface area contributed by atoms with Gasteiger partial charge in [0.2, 0.25) is 0 Å². The SMILES string of the molecule is CCOC(=O)c1c(NC(=O)c2cc(-c3ccc(Cl)c(Cl)c3)nc3ccccc23)sc2c1CCCCCC2. The average Bonchev–Trinajstić information content (AvgIpc) is 3.20.